The largest absolute Gasteiger partial charge is 0.394 e. The maximum Gasteiger partial charge on any atom is 0.184 e. The summed E-state index contributed by atoms with van der Waals surface area (Å²) < 4.78 is 23.2. The average molecular weight is 351 g/mol. The SMILES string of the molecule is CC(C)[C@H](OCCN=[N+]=[N-])OC1COC(c2ccccc2)O[C@H]1CO. The van der Waals surface area contributed by atoms with E-state index in [1.165, 1.54) is 0 Å². The van der Waals surface area contributed by atoms with Gasteiger partial charge in [0.05, 0.1) is 19.8 Å². The van der Waals surface area contributed by atoms with E-state index in [4.69, 9.17) is 24.5 Å². The number of benzene rings is 1. The quantitative estimate of drug-likeness (QED) is 0.242. The van der Waals surface area contributed by atoms with Crippen molar-refractivity contribution in [2.24, 2.45) is 11.0 Å². The molecule has 1 aromatic rings. The van der Waals surface area contributed by atoms with Crippen molar-refractivity contribution in [2.45, 2.75) is 38.6 Å². The normalized spacial score (nSPS) is 24.7. The molecule has 0 aliphatic carbocycles. The molecule has 138 valence electrons. The summed E-state index contributed by atoms with van der Waals surface area (Å²) in [6.07, 6.45) is -1.99. The van der Waals surface area contributed by atoms with Crippen molar-refractivity contribution in [3.63, 3.8) is 0 Å². The van der Waals surface area contributed by atoms with Crippen molar-refractivity contribution < 1.29 is 24.1 Å². The standard InChI is InChI=1S/C17H25N3O5/c1-12(2)16(22-9-8-19-20-18)25-15-11-23-17(24-14(15)10-21)13-6-4-3-5-7-13/h3-7,12,14-17,21H,8-11H2,1-2H3/t14-,15?,16+,17?/m0/s1. The maximum absolute atomic E-state index is 9.67. The average Bonchev–Trinajstić information content (AvgIpc) is 2.64. The van der Waals surface area contributed by atoms with Crippen LogP contribution in [0.15, 0.2) is 35.4 Å². The van der Waals surface area contributed by atoms with E-state index in [0.29, 0.717) is 0 Å². The van der Waals surface area contributed by atoms with Gasteiger partial charge < -0.3 is 24.1 Å². The summed E-state index contributed by atoms with van der Waals surface area (Å²) in [5, 5.41) is 13.1. The fraction of sp³-hybridized carbons (Fsp3) is 0.647. The predicted molar refractivity (Wildman–Crippen MR) is 90.6 cm³/mol. The molecular formula is C17H25N3O5. The zero-order valence-corrected chi connectivity index (χ0v) is 14.5. The van der Waals surface area contributed by atoms with Gasteiger partial charge in [-0.3, -0.25) is 0 Å². The van der Waals surface area contributed by atoms with Gasteiger partial charge in [-0.05, 0) is 5.53 Å². The molecule has 0 bridgehead atoms. The Morgan fingerprint density at radius 2 is 2.12 bits per heavy atom. The summed E-state index contributed by atoms with van der Waals surface area (Å²) in [6, 6.07) is 9.56. The summed E-state index contributed by atoms with van der Waals surface area (Å²) >= 11 is 0. The van der Waals surface area contributed by atoms with Gasteiger partial charge in [-0.2, -0.15) is 0 Å². The van der Waals surface area contributed by atoms with Crippen LogP contribution in [0.5, 0.6) is 0 Å². The zero-order valence-electron chi connectivity index (χ0n) is 14.5. The number of aliphatic hydroxyl groups is 1. The fourth-order valence-electron chi connectivity index (χ4n) is 2.46. The van der Waals surface area contributed by atoms with Gasteiger partial charge >= 0.3 is 0 Å². The monoisotopic (exact) mass is 351 g/mol. The molecule has 8 heteroatoms. The molecule has 2 unspecified atom stereocenters. The Labute approximate surface area is 147 Å². The topological polar surface area (TPSA) is 106 Å². The molecule has 1 heterocycles. The molecule has 0 amide bonds. The number of aliphatic hydroxyl groups excluding tert-OH is 1. The molecule has 4 atom stereocenters. The van der Waals surface area contributed by atoms with Crippen molar-refractivity contribution in [1.29, 1.82) is 0 Å². The van der Waals surface area contributed by atoms with E-state index in [-0.39, 0.29) is 32.3 Å². The van der Waals surface area contributed by atoms with Crippen LogP contribution in [0.2, 0.25) is 0 Å². The second kappa shape index (κ2) is 10.4. The Morgan fingerprint density at radius 3 is 2.76 bits per heavy atom. The van der Waals surface area contributed by atoms with Crippen LogP contribution in [0.1, 0.15) is 25.7 Å². The minimum atomic E-state index is -0.526. The van der Waals surface area contributed by atoms with Gasteiger partial charge in [0.25, 0.3) is 0 Å². The lowest BCUT2D eigenvalue weighted by Crippen LogP contribution is -2.47. The highest BCUT2D eigenvalue weighted by Gasteiger charge is 2.35. The number of azide groups is 1. The van der Waals surface area contributed by atoms with Crippen molar-refractivity contribution in [1.82, 2.24) is 0 Å². The molecule has 8 nitrogen and oxygen atoms in total. The molecule has 1 aliphatic rings. The minimum Gasteiger partial charge on any atom is -0.394 e. The number of hydrogen-bond donors (Lipinski definition) is 1. The molecule has 0 spiro atoms. The third kappa shape index (κ3) is 5.97. The summed E-state index contributed by atoms with van der Waals surface area (Å²) in [7, 11) is 0. The van der Waals surface area contributed by atoms with Crippen LogP contribution in [0.3, 0.4) is 0 Å². The molecule has 1 aromatic carbocycles. The van der Waals surface area contributed by atoms with Crippen LogP contribution in [0, 0.1) is 5.92 Å². The van der Waals surface area contributed by atoms with Gasteiger partial charge in [-0.25, -0.2) is 0 Å². The van der Waals surface area contributed by atoms with Crippen LogP contribution in [-0.2, 0) is 18.9 Å². The van der Waals surface area contributed by atoms with Crippen LogP contribution in [0.4, 0.5) is 0 Å². The third-order valence-electron chi connectivity index (χ3n) is 3.77. The second-order valence-corrected chi connectivity index (χ2v) is 6.05. The lowest BCUT2D eigenvalue weighted by molar-refractivity contribution is -0.304. The third-order valence-corrected chi connectivity index (χ3v) is 3.77. The molecular weight excluding hydrogens is 326 g/mol. The van der Waals surface area contributed by atoms with Crippen LogP contribution in [-0.4, -0.2) is 50.0 Å². The molecule has 1 fully saturated rings. The number of ether oxygens (including phenoxy) is 4. The van der Waals surface area contributed by atoms with Gasteiger partial charge in [-0.15, -0.1) is 0 Å². The van der Waals surface area contributed by atoms with Crippen molar-refractivity contribution in [2.75, 3.05) is 26.4 Å². The first-order valence-electron chi connectivity index (χ1n) is 8.36. The second-order valence-electron chi connectivity index (χ2n) is 6.05. The Hall–Kier alpha value is -1.67. The molecule has 0 aromatic heterocycles. The first kappa shape index (κ1) is 19.7. The number of nitrogens with zero attached hydrogens (tertiary/aromatic N) is 3. The number of hydrogen-bond acceptors (Lipinski definition) is 6. The Kier molecular flexibility index (Phi) is 8.14. The van der Waals surface area contributed by atoms with E-state index in [1.54, 1.807) is 0 Å². The molecule has 1 N–H and O–H groups in total. The Bertz CT molecular complexity index is 550. The van der Waals surface area contributed by atoms with Gasteiger partial charge in [0, 0.05) is 22.9 Å². The minimum absolute atomic E-state index is 0.0808. The summed E-state index contributed by atoms with van der Waals surface area (Å²) in [5.41, 5.74) is 9.19. The Morgan fingerprint density at radius 1 is 1.36 bits per heavy atom. The lowest BCUT2D eigenvalue weighted by atomic mass is 10.1. The van der Waals surface area contributed by atoms with E-state index < -0.39 is 24.8 Å². The predicted octanol–water partition coefficient (Wildman–Crippen LogP) is 2.79. The van der Waals surface area contributed by atoms with E-state index in [1.807, 2.05) is 44.2 Å². The van der Waals surface area contributed by atoms with Gasteiger partial charge in [-0.1, -0.05) is 49.3 Å². The van der Waals surface area contributed by atoms with Crippen LogP contribution >= 0.6 is 0 Å². The summed E-state index contributed by atoms with van der Waals surface area (Å²) in [4.78, 5) is 2.69. The first-order chi connectivity index (χ1) is 12.2. The maximum atomic E-state index is 9.67. The van der Waals surface area contributed by atoms with E-state index >= 15 is 0 Å². The smallest absolute Gasteiger partial charge is 0.184 e. The molecule has 2 rings (SSSR count). The summed E-state index contributed by atoms with van der Waals surface area (Å²) in [5.74, 6) is 0.0808. The fourth-order valence-corrected chi connectivity index (χ4v) is 2.46. The first-order valence-corrected chi connectivity index (χ1v) is 8.36. The van der Waals surface area contributed by atoms with E-state index in [2.05, 4.69) is 10.0 Å². The molecule has 0 saturated carbocycles. The van der Waals surface area contributed by atoms with Crippen LogP contribution in [0.25, 0.3) is 10.4 Å². The van der Waals surface area contributed by atoms with E-state index in [0.717, 1.165) is 5.56 Å². The molecule has 1 saturated heterocycles. The van der Waals surface area contributed by atoms with Crippen molar-refractivity contribution in [3.05, 3.63) is 46.3 Å². The van der Waals surface area contributed by atoms with Gasteiger partial charge in [0.1, 0.15) is 12.2 Å². The number of rotatable bonds is 9. The highest BCUT2D eigenvalue weighted by atomic mass is 16.7. The molecule has 25 heavy (non-hydrogen) atoms. The highest BCUT2D eigenvalue weighted by molar-refractivity contribution is 5.16. The zero-order chi connectivity index (χ0) is 18.1. The van der Waals surface area contributed by atoms with E-state index in [9.17, 15) is 5.11 Å². The summed E-state index contributed by atoms with van der Waals surface area (Å²) in [6.45, 7) is 4.53. The molecule has 1 aliphatic heterocycles. The van der Waals surface area contributed by atoms with Crippen LogP contribution < -0.4 is 0 Å². The van der Waals surface area contributed by atoms with Gasteiger partial charge in [0.2, 0.25) is 0 Å². The Balaban J connectivity index is 1.92. The lowest BCUT2D eigenvalue weighted by Gasteiger charge is -2.38. The molecule has 0 radical (unpaired) electrons. The van der Waals surface area contributed by atoms with Crippen molar-refractivity contribution >= 4 is 0 Å². The highest BCUT2D eigenvalue weighted by Crippen LogP contribution is 2.28. The van der Waals surface area contributed by atoms with Crippen molar-refractivity contribution in [3.8, 4) is 0 Å². The van der Waals surface area contributed by atoms with Gasteiger partial charge in [0.15, 0.2) is 12.6 Å².